The lowest BCUT2D eigenvalue weighted by Gasteiger charge is -2.24. The predicted molar refractivity (Wildman–Crippen MR) is 130 cm³/mol. The van der Waals surface area contributed by atoms with Gasteiger partial charge >= 0.3 is 11.9 Å². The normalized spacial score (nSPS) is 13.7. The van der Waals surface area contributed by atoms with E-state index in [0.29, 0.717) is 12.1 Å². The van der Waals surface area contributed by atoms with Crippen LogP contribution in [0.3, 0.4) is 0 Å². The third-order valence-corrected chi connectivity index (χ3v) is 4.95. The number of carboxylic acids is 2. The predicted octanol–water partition coefficient (Wildman–Crippen LogP) is -4.78. The Morgan fingerprint density at radius 2 is 1.53 bits per heavy atom. The van der Waals surface area contributed by atoms with Crippen molar-refractivity contribution < 1.29 is 39.0 Å². The highest BCUT2D eigenvalue weighted by molar-refractivity contribution is 5.96. The number of hydrogen-bond donors (Lipinski definition) is 10. The Morgan fingerprint density at radius 3 is 2.05 bits per heavy atom. The van der Waals surface area contributed by atoms with Crippen LogP contribution < -0.4 is 38.9 Å². The van der Waals surface area contributed by atoms with Crippen LogP contribution in [0, 0.1) is 0 Å². The van der Waals surface area contributed by atoms with Gasteiger partial charge in [-0.25, -0.2) is 9.78 Å². The Bertz CT molecular complexity index is 1030. The van der Waals surface area contributed by atoms with Gasteiger partial charge in [0.1, 0.15) is 18.1 Å². The van der Waals surface area contributed by atoms with Gasteiger partial charge in [0, 0.05) is 24.9 Å². The van der Waals surface area contributed by atoms with E-state index < -0.39 is 72.6 Å². The summed E-state index contributed by atoms with van der Waals surface area (Å²) in [5, 5.41) is 24.8. The van der Waals surface area contributed by atoms with Crippen LogP contribution in [0.15, 0.2) is 17.5 Å². The number of carboxylic acid groups (broad SMARTS) is 2. The molecule has 0 fully saturated rings. The Kier molecular flexibility index (Phi) is 12.7. The van der Waals surface area contributed by atoms with Gasteiger partial charge in [-0.2, -0.15) is 0 Å². The molecule has 1 aromatic rings. The molecule has 4 amide bonds. The number of carbonyl (C=O) groups excluding carboxylic acids is 4. The third kappa shape index (κ3) is 11.8. The molecule has 1 aromatic heterocycles. The summed E-state index contributed by atoms with van der Waals surface area (Å²) in [5.41, 5.74) is 21.8. The number of guanidine groups is 1. The van der Waals surface area contributed by atoms with E-state index in [2.05, 4.69) is 25.6 Å². The number of nitrogens with zero attached hydrogens (tertiary/aromatic N) is 2. The second kappa shape index (κ2) is 15.4. The van der Waals surface area contributed by atoms with E-state index in [0.717, 1.165) is 0 Å². The third-order valence-electron chi connectivity index (χ3n) is 4.95. The van der Waals surface area contributed by atoms with Crippen LogP contribution in [-0.2, 0) is 35.2 Å². The van der Waals surface area contributed by atoms with Gasteiger partial charge in [-0.3, -0.25) is 29.0 Å². The Balaban J connectivity index is 3.01. The quantitative estimate of drug-likeness (QED) is 0.0505. The zero-order valence-corrected chi connectivity index (χ0v) is 20.3. The number of aromatic amines is 1. The van der Waals surface area contributed by atoms with Crippen molar-refractivity contribution in [1.82, 2.24) is 25.9 Å². The molecule has 0 aliphatic carbocycles. The largest absolute Gasteiger partial charge is 0.481 e. The lowest BCUT2D eigenvalue weighted by molar-refractivity contribution is -0.147. The molecule has 38 heavy (non-hydrogen) atoms. The van der Waals surface area contributed by atoms with Crippen molar-refractivity contribution in [3.63, 3.8) is 0 Å². The second-order valence-corrected chi connectivity index (χ2v) is 8.13. The molecule has 0 aromatic carbocycles. The van der Waals surface area contributed by atoms with Crippen LogP contribution in [0.25, 0.3) is 0 Å². The number of rotatable bonds is 17. The molecule has 4 unspecified atom stereocenters. The minimum atomic E-state index is -1.79. The summed E-state index contributed by atoms with van der Waals surface area (Å²) >= 11 is 0. The molecular formula is C20H32N10O8. The minimum Gasteiger partial charge on any atom is -0.481 e. The van der Waals surface area contributed by atoms with Crippen molar-refractivity contribution in [3.8, 4) is 0 Å². The monoisotopic (exact) mass is 540 g/mol. The summed E-state index contributed by atoms with van der Waals surface area (Å²) in [4.78, 5) is 82.4. The van der Waals surface area contributed by atoms with Gasteiger partial charge in [0.2, 0.25) is 23.6 Å². The van der Waals surface area contributed by atoms with E-state index in [4.69, 9.17) is 28.0 Å². The Labute approximate surface area is 216 Å². The lowest BCUT2D eigenvalue weighted by Crippen LogP contribution is -2.58. The first kappa shape index (κ1) is 31.3. The number of aromatic nitrogens is 2. The average molecular weight is 541 g/mol. The van der Waals surface area contributed by atoms with Crippen LogP contribution in [0.1, 0.15) is 31.4 Å². The summed E-state index contributed by atoms with van der Waals surface area (Å²) in [6.45, 7) is 0.206. The number of hydrogen-bond acceptors (Lipinski definition) is 9. The van der Waals surface area contributed by atoms with Crippen LogP contribution >= 0.6 is 0 Å². The van der Waals surface area contributed by atoms with Gasteiger partial charge in [-0.15, -0.1) is 0 Å². The molecule has 0 spiro atoms. The molecule has 1 heterocycles. The number of nitrogens with one attached hydrogen (secondary N) is 4. The minimum absolute atomic E-state index is 0.132. The topological polar surface area (TPSA) is 324 Å². The van der Waals surface area contributed by atoms with Crippen LogP contribution in [0.4, 0.5) is 0 Å². The zero-order valence-electron chi connectivity index (χ0n) is 20.3. The molecule has 0 aliphatic rings. The van der Waals surface area contributed by atoms with Crippen LogP contribution in [-0.4, -0.2) is 92.4 Å². The zero-order chi connectivity index (χ0) is 28.8. The number of aliphatic carboxylic acids is 2. The fraction of sp³-hybridized carbons (Fsp3) is 0.500. The number of nitrogens with two attached hydrogens (primary N) is 4. The van der Waals surface area contributed by atoms with Gasteiger partial charge in [-0.1, -0.05) is 0 Å². The molecule has 0 aliphatic heterocycles. The van der Waals surface area contributed by atoms with Gasteiger partial charge in [0.15, 0.2) is 5.96 Å². The molecule has 0 radical (unpaired) electrons. The molecule has 0 saturated carbocycles. The molecular weight excluding hydrogens is 508 g/mol. The number of H-pyrrole nitrogens is 1. The van der Waals surface area contributed by atoms with E-state index in [1.165, 1.54) is 12.5 Å². The van der Waals surface area contributed by atoms with Crippen molar-refractivity contribution in [1.29, 1.82) is 0 Å². The fourth-order valence-electron chi connectivity index (χ4n) is 3.08. The standard InChI is InChI=1S/C20H32N10O8/c21-10(2-1-3-26-20(23)24)16(34)28-12(5-14(22)31)18(36)29-11(4-9-7-25-8-27-9)17(35)30-13(19(37)38)6-15(32)33/h7-8,10-13H,1-6,21H2,(H2,22,31)(H,25,27)(H,28,34)(H,29,36)(H,30,35)(H,32,33)(H,37,38)(H4,23,24,26). The summed E-state index contributed by atoms with van der Waals surface area (Å²) < 4.78 is 0. The number of primary amides is 1. The van der Waals surface area contributed by atoms with E-state index in [1.807, 2.05) is 5.32 Å². The fourth-order valence-corrected chi connectivity index (χ4v) is 3.08. The molecule has 0 saturated heterocycles. The molecule has 0 bridgehead atoms. The smallest absolute Gasteiger partial charge is 0.326 e. The van der Waals surface area contributed by atoms with Gasteiger partial charge < -0.3 is 54.1 Å². The number of carbonyl (C=O) groups is 6. The van der Waals surface area contributed by atoms with Gasteiger partial charge in [0.25, 0.3) is 0 Å². The summed E-state index contributed by atoms with van der Waals surface area (Å²) in [6, 6.07) is -5.88. The molecule has 210 valence electrons. The summed E-state index contributed by atoms with van der Waals surface area (Å²) in [6.07, 6.45) is 1.31. The molecule has 18 nitrogen and oxygen atoms in total. The van der Waals surface area contributed by atoms with E-state index >= 15 is 0 Å². The first-order chi connectivity index (χ1) is 17.8. The number of aliphatic imine (C=N–C) groups is 1. The van der Waals surface area contributed by atoms with Gasteiger partial charge in [0.05, 0.1) is 25.2 Å². The molecule has 18 heteroatoms. The van der Waals surface area contributed by atoms with Crippen molar-refractivity contribution >= 4 is 41.5 Å². The van der Waals surface area contributed by atoms with Crippen LogP contribution in [0.5, 0.6) is 0 Å². The first-order valence-corrected chi connectivity index (χ1v) is 11.2. The molecule has 1 rings (SSSR count). The highest BCUT2D eigenvalue weighted by atomic mass is 16.4. The molecule has 14 N–H and O–H groups in total. The lowest BCUT2D eigenvalue weighted by atomic mass is 10.1. The molecule has 4 atom stereocenters. The Hall–Kier alpha value is -4.74. The van der Waals surface area contributed by atoms with Crippen molar-refractivity contribution in [2.24, 2.45) is 27.9 Å². The second-order valence-electron chi connectivity index (χ2n) is 8.13. The maximum atomic E-state index is 13.0. The van der Waals surface area contributed by atoms with E-state index in [1.54, 1.807) is 0 Å². The van der Waals surface area contributed by atoms with Crippen molar-refractivity contribution in [2.45, 2.75) is 56.3 Å². The first-order valence-electron chi connectivity index (χ1n) is 11.2. The SMILES string of the molecule is NC(=O)CC(NC(=O)C(N)CCCN=C(N)N)C(=O)NC(Cc1cnc[nH]1)C(=O)NC(CC(=O)O)C(=O)O. The number of imidazole rings is 1. The van der Waals surface area contributed by atoms with Crippen LogP contribution in [0.2, 0.25) is 0 Å². The van der Waals surface area contributed by atoms with Gasteiger partial charge in [-0.05, 0) is 12.8 Å². The highest BCUT2D eigenvalue weighted by Crippen LogP contribution is 2.04. The summed E-state index contributed by atoms with van der Waals surface area (Å²) in [7, 11) is 0. The maximum absolute atomic E-state index is 13.0. The van der Waals surface area contributed by atoms with Crippen molar-refractivity contribution in [2.75, 3.05) is 6.54 Å². The van der Waals surface area contributed by atoms with E-state index in [-0.39, 0.29) is 25.3 Å². The van der Waals surface area contributed by atoms with Crippen molar-refractivity contribution in [3.05, 3.63) is 18.2 Å². The number of amides is 4. The van der Waals surface area contributed by atoms with E-state index in [9.17, 15) is 33.9 Å². The average Bonchev–Trinajstić information content (AvgIpc) is 3.32. The summed E-state index contributed by atoms with van der Waals surface area (Å²) in [5.74, 6) is -7.01. The maximum Gasteiger partial charge on any atom is 0.326 e. The Morgan fingerprint density at radius 1 is 0.921 bits per heavy atom. The highest BCUT2D eigenvalue weighted by Gasteiger charge is 2.32.